The van der Waals surface area contributed by atoms with Gasteiger partial charge < -0.3 is 14.8 Å². The Kier molecular flexibility index (Phi) is 4.10. The third-order valence-corrected chi connectivity index (χ3v) is 4.69. The lowest BCUT2D eigenvalue weighted by atomic mass is 10.1. The monoisotopic (exact) mass is 275 g/mol. The zero-order chi connectivity index (χ0) is 13.9. The molecule has 0 saturated carbocycles. The zero-order valence-corrected chi connectivity index (χ0v) is 12.4. The van der Waals surface area contributed by atoms with Gasteiger partial charge in [-0.1, -0.05) is 6.42 Å². The van der Waals surface area contributed by atoms with Crippen LogP contribution in [0.4, 0.5) is 0 Å². The molecule has 1 aromatic heterocycles. The van der Waals surface area contributed by atoms with Crippen molar-refractivity contribution in [3.63, 3.8) is 0 Å². The second-order valence-electron chi connectivity index (χ2n) is 6.09. The quantitative estimate of drug-likeness (QED) is 0.858. The van der Waals surface area contributed by atoms with E-state index in [9.17, 15) is 4.79 Å². The summed E-state index contributed by atoms with van der Waals surface area (Å²) in [5.74, 6) is 0.272. The highest BCUT2D eigenvalue weighted by atomic mass is 16.2. The predicted molar refractivity (Wildman–Crippen MR) is 79.6 cm³/mol. The van der Waals surface area contributed by atoms with Gasteiger partial charge in [0.25, 0.3) is 0 Å². The first-order chi connectivity index (χ1) is 9.78. The summed E-state index contributed by atoms with van der Waals surface area (Å²) in [4.78, 5) is 14.2. The van der Waals surface area contributed by atoms with E-state index in [4.69, 9.17) is 0 Å². The minimum Gasteiger partial charge on any atom is -0.344 e. The Hall–Kier alpha value is -1.29. The van der Waals surface area contributed by atoms with E-state index >= 15 is 0 Å². The number of hydrogen-bond donors (Lipinski definition) is 1. The molecule has 1 aromatic rings. The highest BCUT2D eigenvalue weighted by Gasteiger charge is 2.22. The third kappa shape index (κ3) is 2.75. The number of fused-ring (bicyclic) bond motifs is 1. The highest BCUT2D eigenvalue weighted by molar-refractivity contribution is 5.76. The molecular weight excluding hydrogens is 250 g/mol. The molecular formula is C16H25N3O. The molecule has 1 aliphatic carbocycles. The van der Waals surface area contributed by atoms with Crippen molar-refractivity contribution in [1.82, 2.24) is 14.8 Å². The summed E-state index contributed by atoms with van der Waals surface area (Å²) in [6, 6.07) is 0.454. The summed E-state index contributed by atoms with van der Waals surface area (Å²) in [5, 5.41) is 3.41. The number of aryl methyl sites for hydroxylation is 1. The summed E-state index contributed by atoms with van der Waals surface area (Å²) >= 11 is 0. The number of nitrogens with zero attached hydrogens (tertiary/aromatic N) is 2. The van der Waals surface area contributed by atoms with Crippen LogP contribution in [0.2, 0.25) is 0 Å². The molecule has 1 saturated heterocycles. The maximum Gasteiger partial charge on any atom is 0.242 e. The Morgan fingerprint density at radius 3 is 2.80 bits per heavy atom. The van der Waals surface area contributed by atoms with Gasteiger partial charge in [0.2, 0.25) is 5.91 Å². The van der Waals surface area contributed by atoms with Crippen LogP contribution in [0, 0.1) is 0 Å². The lowest BCUT2D eigenvalue weighted by Crippen LogP contribution is -2.30. The van der Waals surface area contributed by atoms with E-state index in [1.54, 1.807) is 0 Å². The van der Waals surface area contributed by atoms with E-state index in [2.05, 4.69) is 22.3 Å². The van der Waals surface area contributed by atoms with Crippen molar-refractivity contribution in [3.8, 4) is 0 Å². The van der Waals surface area contributed by atoms with Gasteiger partial charge in [0.15, 0.2) is 0 Å². The molecule has 1 amide bonds. The Morgan fingerprint density at radius 1 is 1.25 bits per heavy atom. The van der Waals surface area contributed by atoms with Gasteiger partial charge in [-0.05, 0) is 50.3 Å². The molecule has 1 N–H and O–H groups in total. The average Bonchev–Trinajstić information content (AvgIpc) is 3.06. The number of aromatic nitrogens is 1. The summed E-state index contributed by atoms with van der Waals surface area (Å²) in [7, 11) is 2.03. The van der Waals surface area contributed by atoms with Gasteiger partial charge in [-0.25, -0.2) is 0 Å². The van der Waals surface area contributed by atoms with Crippen LogP contribution in [0.25, 0.3) is 0 Å². The molecule has 2 aliphatic rings. The van der Waals surface area contributed by atoms with Crippen LogP contribution < -0.4 is 5.32 Å². The average molecular weight is 275 g/mol. The number of carbonyl (C=O) groups excluding carboxylic acids is 1. The van der Waals surface area contributed by atoms with E-state index in [-0.39, 0.29) is 5.91 Å². The molecule has 0 aromatic carbocycles. The molecule has 1 aliphatic heterocycles. The fourth-order valence-electron chi connectivity index (χ4n) is 3.53. The molecule has 0 radical (unpaired) electrons. The number of rotatable bonds is 3. The van der Waals surface area contributed by atoms with Gasteiger partial charge in [-0.3, -0.25) is 4.79 Å². The molecule has 0 bridgehead atoms. The first kappa shape index (κ1) is 13.7. The third-order valence-electron chi connectivity index (χ3n) is 4.69. The van der Waals surface area contributed by atoms with Crippen molar-refractivity contribution in [2.75, 3.05) is 20.1 Å². The van der Waals surface area contributed by atoms with Gasteiger partial charge >= 0.3 is 0 Å². The summed E-state index contributed by atoms with van der Waals surface area (Å²) in [5.41, 5.74) is 2.83. The normalized spacial score (nSPS) is 22.6. The van der Waals surface area contributed by atoms with Crippen LogP contribution in [0.1, 0.15) is 49.3 Å². The van der Waals surface area contributed by atoms with Crippen LogP contribution in [0.15, 0.2) is 12.4 Å². The van der Waals surface area contributed by atoms with E-state index in [0.717, 1.165) is 32.4 Å². The molecule has 1 atom stereocenters. The molecule has 1 unspecified atom stereocenters. The fourth-order valence-corrected chi connectivity index (χ4v) is 3.53. The summed E-state index contributed by atoms with van der Waals surface area (Å²) in [6.45, 7) is 2.39. The maximum absolute atomic E-state index is 12.2. The van der Waals surface area contributed by atoms with Crippen molar-refractivity contribution in [3.05, 3.63) is 23.5 Å². The van der Waals surface area contributed by atoms with Gasteiger partial charge in [0.1, 0.15) is 6.54 Å². The van der Waals surface area contributed by atoms with E-state index < -0.39 is 0 Å². The van der Waals surface area contributed by atoms with Crippen molar-refractivity contribution in [1.29, 1.82) is 0 Å². The van der Waals surface area contributed by atoms with Gasteiger partial charge in [0, 0.05) is 31.5 Å². The van der Waals surface area contributed by atoms with Gasteiger partial charge in [-0.15, -0.1) is 0 Å². The van der Waals surface area contributed by atoms with Crippen LogP contribution in [-0.2, 0) is 17.8 Å². The highest BCUT2D eigenvalue weighted by Crippen LogP contribution is 2.29. The van der Waals surface area contributed by atoms with Crippen LogP contribution in [0.3, 0.4) is 0 Å². The lowest BCUT2D eigenvalue weighted by molar-refractivity contribution is -0.130. The maximum atomic E-state index is 12.2. The van der Waals surface area contributed by atoms with Crippen molar-refractivity contribution < 1.29 is 4.79 Å². The molecule has 3 rings (SSSR count). The minimum atomic E-state index is 0.272. The SMILES string of the molecule is CNC1CCCCc2cn(CC(=O)N3CCCC3)cc21. The van der Waals surface area contributed by atoms with Crippen LogP contribution in [0.5, 0.6) is 0 Å². The van der Waals surface area contributed by atoms with E-state index in [1.807, 2.05) is 11.9 Å². The number of likely N-dealkylation sites (tertiary alicyclic amines) is 1. The smallest absolute Gasteiger partial charge is 0.242 e. The standard InChI is InChI=1S/C16H25N3O/c1-17-15-7-3-2-6-13-10-18(11-14(13)15)12-16(20)19-8-4-5-9-19/h10-11,15,17H,2-9,12H2,1H3. The molecule has 0 spiro atoms. The molecule has 4 heteroatoms. The molecule has 1 fully saturated rings. The van der Waals surface area contributed by atoms with Gasteiger partial charge in [0.05, 0.1) is 0 Å². The minimum absolute atomic E-state index is 0.272. The van der Waals surface area contributed by atoms with Crippen molar-refractivity contribution in [2.24, 2.45) is 0 Å². The summed E-state index contributed by atoms with van der Waals surface area (Å²) < 4.78 is 2.10. The molecule has 4 nitrogen and oxygen atoms in total. The number of carbonyl (C=O) groups is 1. The number of nitrogens with one attached hydrogen (secondary N) is 1. The van der Waals surface area contributed by atoms with Crippen molar-refractivity contribution in [2.45, 2.75) is 51.1 Å². The molecule has 110 valence electrons. The van der Waals surface area contributed by atoms with E-state index in [1.165, 1.54) is 30.4 Å². The topological polar surface area (TPSA) is 37.3 Å². The lowest BCUT2D eigenvalue weighted by Gasteiger charge is -2.16. The Morgan fingerprint density at radius 2 is 2.05 bits per heavy atom. The van der Waals surface area contributed by atoms with Crippen LogP contribution >= 0.6 is 0 Å². The van der Waals surface area contributed by atoms with E-state index in [0.29, 0.717) is 12.6 Å². The fraction of sp³-hybridized carbons (Fsp3) is 0.688. The van der Waals surface area contributed by atoms with Crippen molar-refractivity contribution >= 4 is 5.91 Å². The second-order valence-corrected chi connectivity index (χ2v) is 6.09. The molecule has 20 heavy (non-hydrogen) atoms. The number of hydrogen-bond acceptors (Lipinski definition) is 2. The first-order valence-corrected chi connectivity index (χ1v) is 7.91. The zero-order valence-electron chi connectivity index (χ0n) is 12.4. The summed E-state index contributed by atoms with van der Waals surface area (Å²) in [6.07, 6.45) is 11.6. The first-order valence-electron chi connectivity index (χ1n) is 7.91. The molecule has 2 heterocycles. The second kappa shape index (κ2) is 6.00. The largest absolute Gasteiger partial charge is 0.344 e. The Bertz CT molecular complexity index is 474. The Balaban J connectivity index is 1.73. The Labute approximate surface area is 121 Å². The van der Waals surface area contributed by atoms with Gasteiger partial charge in [-0.2, -0.15) is 0 Å². The predicted octanol–water partition coefficient (Wildman–Crippen LogP) is 2.10. The van der Waals surface area contributed by atoms with Crippen LogP contribution in [-0.4, -0.2) is 35.5 Å². The number of amides is 1.